The average molecular weight is 382 g/mol. The number of rotatable bonds is 3. The van der Waals surface area contributed by atoms with Crippen molar-refractivity contribution < 1.29 is 9.18 Å². The third-order valence-electron chi connectivity index (χ3n) is 4.17. The molecule has 132 valence electrons. The Labute approximate surface area is 156 Å². The lowest BCUT2D eigenvalue weighted by Gasteiger charge is -2.36. The van der Waals surface area contributed by atoms with E-state index in [0.717, 1.165) is 5.69 Å². The predicted octanol–water partition coefficient (Wildman–Crippen LogP) is 4.16. The lowest BCUT2D eigenvalue weighted by molar-refractivity contribution is 0.194. The number of piperazine rings is 1. The Hall–Kier alpha value is -1.98. The van der Waals surface area contributed by atoms with Crippen LogP contribution in [-0.2, 0) is 6.54 Å². The predicted molar refractivity (Wildman–Crippen MR) is 98.9 cm³/mol. The average Bonchev–Trinajstić information content (AvgIpc) is 2.60. The van der Waals surface area contributed by atoms with Gasteiger partial charge in [-0.15, -0.1) is 0 Å². The summed E-state index contributed by atoms with van der Waals surface area (Å²) in [4.78, 5) is 16.1. The minimum atomic E-state index is -0.314. The van der Waals surface area contributed by atoms with Crippen LogP contribution in [0.4, 0.5) is 14.9 Å². The molecule has 25 heavy (non-hydrogen) atoms. The maximum absolute atomic E-state index is 13.6. The van der Waals surface area contributed by atoms with Gasteiger partial charge in [0, 0.05) is 54.0 Å². The summed E-state index contributed by atoms with van der Waals surface area (Å²) in [5.41, 5.74) is 1.42. The minimum Gasteiger partial charge on any atom is -0.368 e. The van der Waals surface area contributed by atoms with Gasteiger partial charge in [0.2, 0.25) is 0 Å². The lowest BCUT2D eigenvalue weighted by atomic mass is 10.2. The van der Waals surface area contributed by atoms with Gasteiger partial charge in [0.1, 0.15) is 5.82 Å². The third kappa shape index (κ3) is 4.55. The monoisotopic (exact) mass is 381 g/mol. The number of halogens is 3. The van der Waals surface area contributed by atoms with Gasteiger partial charge in [-0.2, -0.15) is 0 Å². The summed E-state index contributed by atoms with van der Waals surface area (Å²) < 4.78 is 13.6. The van der Waals surface area contributed by atoms with Crippen LogP contribution < -0.4 is 10.2 Å². The zero-order valence-corrected chi connectivity index (χ0v) is 15.0. The van der Waals surface area contributed by atoms with Gasteiger partial charge in [-0.25, -0.2) is 9.18 Å². The van der Waals surface area contributed by atoms with Crippen LogP contribution in [0.1, 0.15) is 5.56 Å². The number of carbonyl (C=O) groups is 1. The Morgan fingerprint density at radius 2 is 1.68 bits per heavy atom. The molecule has 1 saturated heterocycles. The van der Waals surface area contributed by atoms with Gasteiger partial charge in [-0.3, -0.25) is 0 Å². The molecule has 1 N–H and O–H groups in total. The zero-order valence-electron chi connectivity index (χ0n) is 13.5. The SMILES string of the molecule is O=C(NCc1ccccc1F)N1CCN(c2cc(Cl)cc(Cl)c2)CC1. The standard InChI is InChI=1S/C18H18Cl2FN3O/c19-14-9-15(20)11-16(10-14)23-5-7-24(8-6-23)18(25)22-12-13-3-1-2-4-17(13)21/h1-4,9-11H,5-8,12H2,(H,22,25). The molecule has 2 amide bonds. The van der Waals surface area contributed by atoms with E-state index >= 15 is 0 Å². The summed E-state index contributed by atoms with van der Waals surface area (Å²) in [7, 11) is 0. The largest absolute Gasteiger partial charge is 0.368 e. The molecule has 0 atom stereocenters. The third-order valence-corrected chi connectivity index (χ3v) is 4.60. The van der Waals surface area contributed by atoms with Crippen LogP contribution in [0.2, 0.25) is 10.0 Å². The molecule has 0 spiro atoms. The van der Waals surface area contributed by atoms with E-state index in [-0.39, 0.29) is 18.4 Å². The molecule has 2 aromatic carbocycles. The van der Waals surface area contributed by atoms with E-state index in [1.807, 2.05) is 12.1 Å². The molecular weight excluding hydrogens is 364 g/mol. The number of carbonyl (C=O) groups excluding carboxylic acids is 1. The number of hydrogen-bond acceptors (Lipinski definition) is 2. The second-order valence-electron chi connectivity index (χ2n) is 5.85. The Morgan fingerprint density at radius 1 is 1.04 bits per heavy atom. The van der Waals surface area contributed by atoms with Gasteiger partial charge in [-0.05, 0) is 24.3 Å². The molecule has 2 aromatic rings. The van der Waals surface area contributed by atoms with E-state index in [0.29, 0.717) is 41.8 Å². The molecule has 7 heteroatoms. The van der Waals surface area contributed by atoms with Gasteiger partial charge in [-0.1, -0.05) is 41.4 Å². The summed E-state index contributed by atoms with van der Waals surface area (Å²) in [6.07, 6.45) is 0. The van der Waals surface area contributed by atoms with Crippen LogP contribution in [0.15, 0.2) is 42.5 Å². The van der Waals surface area contributed by atoms with Crippen LogP contribution in [0, 0.1) is 5.82 Å². The van der Waals surface area contributed by atoms with Crippen molar-refractivity contribution in [3.8, 4) is 0 Å². The smallest absolute Gasteiger partial charge is 0.317 e. The van der Waals surface area contributed by atoms with Gasteiger partial charge < -0.3 is 15.1 Å². The molecule has 0 bridgehead atoms. The minimum absolute atomic E-state index is 0.176. The van der Waals surface area contributed by atoms with Crippen LogP contribution >= 0.6 is 23.2 Å². The first kappa shape index (κ1) is 17.8. The normalized spacial score (nSPS) is 14.5. The number of hydrogen-bond donors (Lipinski definition) is 1. The van der Waals surface area contributed by atoms with Crippen molar-refractivity contribution in [2.75, 3.05) is 31.1 Å². The molecule has 0 aromatic heterocycles. The number of urea groups is 1. The first-order valence-electron chi connectivity index (χ1n) is 8.00. The summed E-state index contributed by atoms with van der Waals surface area (Å²) in [5.74, 6) is -0.314. The van der Waals surface area contributed by atoms with Crippen LogP contribution in [0.5, 0.6) is 0 Å². The molecular formula is C18H18Cl2FN3O. The molecule has 1 heterocycles. The summed E-state index contributed by atoms with van der Waals surface area (Å²) in [5, 5.41) is 3.95. The van der Waals surface area contributed by atoms with Crippen molar-refractivity contribution >= 4 is 34.9 Å². The van der Waals surface area contributed by atoms with Gasteiger partial charge in [0.25, 0.3) is 0 Å². The maximum Gasteiger partial charge on any atom is 0.317 e. The highest BCUT2D eigenvalue weighted by Gasteiger charge is 2.21. The van der Waals surface area contributed by atoms with Crippen LogP contribution in [-0.4, -0.2) is 37.1 Å². The van der Waals surface area contributed by atoms with Crippen LogP contribution in [0.3, 0.4) is 0 Å². The number of nitrogens with one attached hydrogen (secondary N) is 1. The Kier molecular flexibility index (Phi) is 5.66. The first-order valence-corrected chi connectivity index (χ1v) is 8.76. The van der Waals surface area contributed by atoms with Crippen molar-refractivity contribution in [2.45, 2.75) is 6.54 Å². The number of anilines is 1. The molecule has 0 aliphatic carbocycles. The molecule has 0 radical (unpaired) electrons. The van der Waals surface area contributed by atoms with Crippen molar-refractivity contribution in [3.05, 3.63) is 63.9 Å². The second-order valence-corrected chi connectivity index (χ2v) is 6.72. The highest BCUT2D eigenvalue weighted by Crippen LogP contribution is 2.26. The van der Waals surface area contributed by atoms with Crippen molar-refractivity contribution in [1.29, 1.82) is 0 Å². The zero-order chi connectivity index (χ0) is 17.8. The molecule has 1 fully saturated rings. The molecule has 0 unspecified atom stereocenters. The molecule has 1 aliphatic heterocycles. The molecule has 4 nitrogen and oxygen atoms in total. The van der Waals surface area contributed by atoms with E-state index < -0.39 is 0 Å². The Bertz CT molecular complexity index is 743. The first-order chi connectivity index (χ1) is 12.0. The number of nitrogens with zero attached hydrogens (tertiary/aromatic N) is 2. The van der Waals surface area contributed by atoms with Crippen molar-refractivity contribution in [3.63, 3.8) is 0 Å². The van der Waals surface area contributed by atoms with Crippen molar-refractivity contribution in [2.24, 2.45) is 0 Å². The van der Waals surface area contributed by atoms with E-state index in [1.54, 1.807) is 29.2 Å². The fourth-order valence-electron chi connectivity index (χ4n) is 2.81. The summed E-state index contributed by atoms with van der Waals surface area (Å²) in [6, 6.07) is 11.7. The van der Waals surface area contributed by atoms with Gasteiger partial charge in [0.05, 0.1) is 0 Å². The van der Waals surface area contributed by atoms with Crippen molar-refractivity contribution in [1.82, 2.24) is 10.2 Å². The maximum atomic E-state index is 13.6. The summed E-state index contributed by atoms with van der Waals surface area (Å²) >= 11 is 12.1. The Morgan fingerprint density at radius 3 is 2.32 bits per heavy atom. The van der Waals surface area contributed by atoms with E-state index in [4.69, 9.17) is 23.2 Å². The Balaban J connectivity index is 1.53. The second kappa shape index (κ2) is 7.93. The van der Waals surface area contributed by atoms with Gasteiger partial charge >= 0.3 is 6.03 Å². The number of benzene rings is 2. The van der Waals surface area contributed by atoms with Gasteiger partial charge in [0.15, 0.2) is 0 Å². The topological polar surface area (TPSA) is 35.6 Å². The van der Waals surface area contributed by atoms with E-state index in [1.165, 1.54) is 6.07 Å². The van der Waals surface area contributed by atoms with Crippen LogP contribution in [0.25, 0.3) is 0 Å². The fourth-order valence-corrected chi connectivity index (χ4v) is 3.33. The summed E-state index contributed by atoms with van der Waals surface area (Å²) in [6.45, 7) is 2.70. The van der Waals surface area contributed by atoms with E-state index in [2.05, 4.69) is 10.2 Å². The highest BCUT2D eigenvalue weighted by atomic mass is 35.5. The van der Waals surface area contributed by atoms with E-state index in [9.17, 15) is 9.18 Å². The molecule has 0 saturated carbocycles. The molecule has 3 rings (SSSR count). The number of amides is 2. The lowest BCUT2D eigenvalue weighted by Crippen LogP contribution is -2.51. The molecule has 1 aliphatic rings. The fraction of sp³-hybridized carbons (Fsp3) is 0.278. The highest BCUT2D eigenvalue weighted by molar-refractivity contribution is 6.35. The quantitative estimate of drug-likeness (QED) is 0.865.